The van der Waals surface area contributed by atoms with Gasteiger partial charge in [-0.3, -0.25) is 4.79 Å². The van der Waals surface area contributed by atoms with E-state index in [2.05, 4.69) is 20.2 Å². The van der Waals surface area contributed by atoms with Crippen LogP contribution >= 0.6 is 12.2 Å². The van der Waals surface area contributed by atoms with E-state index in [0.29, 0.717) is 29.3 Å². The molecule has 1 saturated heterocycles. The number of aromatic nitrogens is 2. The average molecular weight is 401 g/mol. The molecular formula is C21H28N4O2S. The van der Waals surface area contributed by atoms with E-state index in [4.69, 9.17) is 17.0 Å². The largest absolute Gasteiger partial charge is 0.376 e. The van der Waals surface area contributed by atoms with Crippen molar-refractivity contribution in [1.82, 2.24) is 20.2 Å². The van der Waals surface area contributed by atoms with Crippen molar-refractivity contribution < 1.29 is 4.74 Å². The lowest BCUT2D eigenvalue weighted by atomic mass is 9.96. The molecule has 2 fully saturated rings. The number of hydrogen-bond donors (Lipinski definition) is 2. The molecule has 2 aromatic rings. The van der Waals surface area contributed by atoms with Gasteiger partial charge in [-0.25, -0.2) is 4.98 Å². The van der Waals surface area contributed by atoms with Crippen LogP contribution in [0.25, 0.3) is 10.9 Å². The van der Waals surface area contributed by atoms with Crippen molar-refractivity contribution in [3.63, 3.8) is 0 Å². The Morgan fingerprint density at radius 2 is 2.04 bits per heavy atom. The molecule has 1 aromatic heterocycles. The molecule has 2 N–H and O–H groups in total. The number of benzene rings is 1. The smallest absolute Gasteiger partial charge is 0.258 e. The fourth-order valence-corrected chi connectivity index (χ4v) is 4.46. The first kappa shape index (κ1) is 19.3. The van der Waals surface area contributed by atoms with Gasteiger partial charge in [0.1, 0.15) is 5.82 Å². The Labute approximate surface area is 170 Å². The van der Waals surface area contributed by atoms with Crippen molar-refractivity contribution in [2.45, 2.75) is 63.6 Å². The summed E-state index contributed by atoms with van der Waals surface area (Å²) in [7, 11) is 0. The van der Waals surface area contributed by atoms with Crippen LogP contribution in [0.4, 0.5) is 0 Å². The van der Waals surface area contributed by atoms with Crippen LogP contribution in [-0.2, 0) is 11.3 Å². The zero-order chi connectivity index (χ0) is 19.3. The topological polar surface area (TPSA) is 70.2 Å². The summed E-state index contributed by atoms with van der Waals surface area (Å²) in [6.07, 6.45) is 8.47. The Bertz CT molecular complexity index is 872. The van der Waals surface area contributed by atoms with Gasteiger partial charge in [-0.2, -0.15) is 0 Å². The Kier molecular flexibility index (Phi) is 6.22. The summed E-state index contributed by atoms with van der Waals surface area (Å²) in [5.41, 5.74) is 0.605. The summed E-state index contributed by atoms with van der Waals surface area (Å²) >= 11 is 5.76. The highest BCUT2D eigenvalue weighted by Crippen LogP contribution is 2.19. The molecule has 28 heavy (non-hydrogen) atoms. The molecule has 2 aliphatic rings. The third-order valence-corrected chi connectivity index (χ3v) is 6.05. The number of hydrogen-bond acceptors (Lipinski definition) is 4. The zero-order valence-corrected chi connectivity index (χ0v) is 17.0. The molecule has 1 aliphatic heterocycles. The van der Waals surface area contributed by atoms with Gasteiger partial charge < -0.3 is 19.9 Å². The zero-order valence-electron chi connectivity index (χ0n) is 16.2. The fraction of sp³-hybridized carbons (Fsp3) is 0.571. The third kappa shape index (κ3) is 4.70. The van der Waals surface area contributed by atoms with E-state index in [1.54, 1.807) is 6.07 Å². The summed E-state index contributed by atoms with van der Waals surface area (Å²) < 4.78 is 5.83. The van der Waals surface area contributed by atoms with Crippen molar-refractivity contribution in [2.75, 3.05) is 13.2 Å². The predicted octanol–water partition coefficient (Wildman–Crippen LogP) is 3.11. The number of nitrogens with one attached hydrogen (secondary N) is 2. The second-order valence-corrected chi connectivity index (χ2v) is 8.22. The van der Waals surface area contributed by atoms with Gasteiger partial charge in [0.25, 0.3) is 5.56 Å². The number of thiocarbonyl (C=S) groups is 1. The molecule has 1 aromatic carbocycles. The lowest BCUT2D eigenvalue weighted by Crippen LogP contribution is -2.47. The maximum atomic E-state index is 12.4. The summed E-state index contributed by atoms with van der Waals surface area (Å²) in [6.45, 7) is 2.00. The van der Waals surface area contributed by atoms with E-state index in [1.807, 2.05) is 18.2 Å². The molecule has 0 spiro atoms. The predicted molar refractivity (Wildman–Crippen MR) is 114 cm³/mol. The van der Waals surface area contributed by atoms with Gasteiger partial charge in [-0.05, 0) is 50.0 Å². The summed E-state index contributed by atoms with van der Waals surface area (Å²) in [5, 5.41) is 4.89. The normalized spacial score (nSPS) is 20.4. The Hall–Kier alpha value is -1.99. The van der Waals surface area contributed by atoms with Crippen molar-refractivity contribution in [2.24, 2.45) is 0 Å². The molecule has 7 heteroatoms. The highest BCUT2D eigenvalue weighted by atomic mass is 32.1. The van der Waals surface area contributed by atoms with Crippen molar-refractivity contribution in [3.8, 4) is 0 Å². The first-order valence-electron chi connectivity index (χ1n) is 10.3. The highest BCUT2D eigenvalue weighted by Gasteiger charge is 2.24. The molecule has 0 radical (unpaired) electrons. The number of ether oxygens (including phenoxy) is 1. The minimum Gasteiger partial charge on any atom is -0.376 e. The van der Waals surface area contributed by atoms with Gasteiger partial charge in [-0.15, -0.1) is 0 Å². The van der Waals surface area contributed by atoms with Crippen LogP contribution in [0.5, 0.6) is 0 Å². The molecule has 1 saturated carbocycles. The molecule has 1 aliphatic carbocycles. The summed E-state index contributed by atoms with van der Waals surface area (Å²) in [6, 6.07) is 7.86. The second kappa shape index (κ2) is 9.01. The van der Waals surface area contributed by atoms with E-state index in [0.717, 1.165) is 31.1 Å². The number of para-hydroxylation sites is 1. The lowest BCUT2D eigenvalue weighted by molar-refractivity contribution is 0.0890. The minimum atomic E-state index is -0.108. The first-order valence-corrected chi connectivity index (χ1v) is 10.7. The lowest BCUT2D eigenvalue weighted by Gasteiger charge is -2.32. The van der Waals surface area contributed by atoms with Gasteiger partial charge in [0.15, 0.2) is 5.11 Å². The number of nitrogens with zero attached hydrogens (tertiary/aromatic N) is 2. The molecule has 0 bridgehead atoms. The van der Waals surface area contributed by atoms with E-state index < -0.39 is 0 Å². The molecule has 6 nitrogen and oxygen atoms in total. The molecule has 0 amide bonds. The van der Waals surface area contributed by atoms with E-state index in [1.165, 1.54) is 32.1 Å². The van der Waals surface area contributed by atoms with Crippen LogP contribution in [-0.4, -0.2) is 45.3 Å². The SMILES string of the molecule is O=c1[nH]c(CN(C[C@@H]2CCCO2)C(=S)NC2CCCCC2)nc2ccccc12. The maximum Gasteiger partial charge on any atom is 0.258 e. The van der Waals surface area contributed by atoms with Crippen LogP contribution in [0.15, 0.2) is 29.1 Å². The Balaban J connectivity index is 1.52. The van der Waals surface area contributed by atoms with Crippen molar-refractivity contribution in [1.29, 1.82) is 0 Å². The van der Waals surface area contributed by atoms with E-state index in [-0.39, 0.29) is 11.7 Å². The first-order chi connectivity index (χ1) is 13.7. The summed E-state index contributed by atoms with van der Waals surface area (Å²) in [4.78, 5) is 22.1. The van der Waals surface area contributed by atoms with Crippen LogP contribution in [0.2, 0.25) is 0 Å². The molecule has 0 unspecified atom stereocenters. The average Bonchev–Trinajstić information content (AvgIpc) is 3.21. The molecule has 2 heterocycles. The molecular weight excluding hydrogens is 372 g/mol. The van der Waals surface area contributed by atoms with E-state index >= 15 is 0 Å². The monoisotopic (exact) mass is 400 g/mol. The molecule has 150 valence electrons. The van der Waals surface area contributed by atoms with Crippen LogP contribution < -0.4 is 10.9 Å². The Morgan fingerprint density at radius 3 is 2.82 bits per heavy atom. The van der Waals surface area contributed by atoms with Crippen molar-refractivity contribution in [3.05, 3.63) is 40.4 Å². The van der Waals surface area contributed by atoms with Crippen LogP contribution in [0.1, 0.15) is 50.8 Å². The summed E-state index contributed by atoms with van der Waals surface area (Å²) in [5.74, 6) is 0.634. The second-order valence-electron chi connectivity index (χ2n) is 7.83. The van der Waals surface area contributed by atoms with Gasteiger partial charge in [0, 0.05) is 19.2 Å². The quantitative estimate of drug-likeness (QED) is 0.752. The number of aromatic amines is 1. The van der Waals surface area contributed by atoms with Gasteiger partial charge in [0.2, 0.25) is 0 Å². The molecule has 1 atom stereocenters. The fourth-order valence-electron chi connectivity index (χ4n) is 4.16. The minimum absolute atomic E-state index is 0.108. The Morgan fingerprint density at radius 1 is 1.21 bits per heavy atom. The number of fused-ring (bicyclic) bond motifs is 1. The van der Waals surface area contributed by atoms with Crippen LogP contribution in [0.3, 0.4) is 0 Å². The highest BCUT2D eigenvalue weighted by molar-refractivity contribution is 7.80. The van der Waals surface area contributed by atoms with Crippen LogP contribution in [0, 0.1) is 0 Å². The maximum absolute atomic E-state index is 12.4. The number of H-pyrrole nitrogens is 1. The van der Waals surface area contributed by atoms with Gasteiger partial charge in [0.05, 0.1) is 23.6 Å². The number of rotatable bonds is 5. The van der Waals surface area contributed by atoms with E-state index in [9.17, 15) is 4.79 Å². The third-order valence-electron chi connectivity index (χ3n) is 5.67. The standard InChI is InChI=1S/C21H28N4O2S/c26-20-17-10-4-5-11-18(17)23-19(24-20)14-25(13-16-9-6-12-27-16)21(28)22-15-7-2-1-3-8-15/h4-5,10-11,15-16H,1-3,6-9,12-14H2,(H,22,28)(H,23,24,26)/t16-/m0/s1. The van der Waals surface area contributed by atoms with Gasteiger partial charge in [-0.1, -0.05) is 31.4 Å². The molecule has 4 rings (SSSR count). The van der Waals surface area contributed by atoms with Crippen molar-refractivity contribution >= 4 is 28.2 Å². The van der Waals surface area contributed by atoms with Gasteiger partial charge >= 0.3 is 0 Å².